The molecule has 1 saturated heterocycles. The fourth-order valence-electron chi connectivity index (χ4n) is 2.94. The number of nitrogens with one attached hydrogen (secondary N) is 1. The summed E-state index contributed by atoms with van der Waals surface area (Å²) in [5, 5.41) is 13.6. The maximum Gasteiger partial charge on any atom is 0.271 e. The highest BCUT2D eigenvalue weighted by Crippen LogP contribution is 2.30. The highest BCUT2D eigenvalue weighted by molar-refractivity contribution is 7.89. The number of anilines is 1. The maximum atomic E-state index is 12.6. The summed E-state index contributed by atoms with van der Waals surface area (Å²) in [6.45, 7) is 2.32. The molecule has 2 rings (SSSR count). The number of nitrogens with zero attached hydrogens (tertiary/aromatic N) is 2. The van der Waals surface area contributed by atoms with Crippen LogP contribution in [0.1, 0.15) is 26.2 Å². The van der Waals surface area contributed by atoms with E-state index in [4.69, 9.17) is 4.74 Å². The summed E-state index contributed by atoms with van der Waals surface area (Å²) in [7, 11) is -1.96. The second-order valence-corrected chi connectivity index (χ2v) is 8.23. The van der Waals surface area contributed by atoms with Gasteiger partial charge in [0, 0.05) is 25.2 Å². The van der Waals surface area contributed by atoms with Gasteiger partial charge >= 0.3 is 0 Å². The lowest BCUT2D eigenvalue weighted by molar-refractivity contribution is -0.384. The molecular weight excluding hydrogens is 362 g/mol. The van der Waals surface area contributed by atoms with Crippen LogP contribution in [0, 0.1) is 16.0 Å². The number of sulfonamides is 1. The van der Waals surface area contributed by atoms with Gasteiger partial charge in [0.05, 0.1) is 29.4 Å². The molecule has 1 atom stereocenters. The first-order valence-electron chi connectivity index (χ1n) is 8.39. The van der Waals surface area contributed by atoms with Crippen LogP contribution < -0.4 is 10.1 Å². The van der Waals surface area contributed by atoms with Gasteiger partial charge in [-0.2, -0.15) is 0 Å². The van der Waals surface area contributed by atoms with E-state index in [0.717, 1.165) is 0 Å². The minimum atomic E-state index is -3.36. The first kappa shape index (κ1) is 20.1. The van der Waals surface area contributed by atoms with Crippen LogP contribution in [0.4, 0.5) is 11.4 Å². The van der Waals surface area contributed by atoms with E-state index < -0.39 is 20.9 Å². The van der Waals surface area contributed by atoms with E-state index in [0.29, 0.717) is 31.6 Å². The molecule has 144 valence electrons. The standard InChI is InChI=1S/C16H23N3O6S/c1-3-9-26(23,24)18-8-4-5-12(11-18)16(20)17-14-10-13(19(21)22)6-7-15(14)25-2/h6-7,10,12H,3-5,8-9,11H2,1-2H3,(H,17,20)/t12-/m0/s1. The molecule has 0 aliphatic carbocycles. The molecule has 1 aliphatic rings. The molecule has 1 aliphatic heterocycles. The van der Waals surface area contributed by atoms with Gasteiger partial charge < -0.3 is 10.1 Å². The molecule has 0 unspecified atom stereocenters. The Balaban J connectivity index is 2.14. The largest absolute Gasteiger partial charge is 0.495 e. The van der Waals surface area contributed by atoms with Crippen LogP contribution in [0.25, 0.3) is 0 Å². The number of non-ortho nitro benzene ring substituents is 1. The van der Waals surface area contributed by atoms with Gasteiger partial charge in [0.25, 0.3) is 5.69 Å². The number of benzene rings is 1. The summed E-state index contributed by atoms with van der Waals surface area (Å²) >= 11 is 0. The minimum Gasteiger partial charge on any atom is -0.495 e. The number of ether oxygens (including phenoxy) is 1. The molecule has 0 saturated carbocycles. The number of nitro groups is 1. The zero-order valence-electron chi connectivity index (χ0n) is 14.8. The highest BCUT2D eigenvalue weighted by Gasteiger charge is 2.32. The van der Waals surface area contributed by atoms with E-state index in [-0.39, 0.29) is 29.6 Å². The molecule has 0 aromatic heterocycles. The number of carbonyl (C=O) groups is 1. The van der Waals surface area contributed by atoms with E-state index >= 15 is 0 Å². The van der Waals surface area contributed by atoms with Crippen LogP contribution in [-0.2, 0) is 14.8 Å². The average molecular weight is 385 g/mol. The highest BCUT2D eigenvalue weighted by atomic mass is 32.2. The number of piperidine rings is 1. The Hall–Kier alpha value is -2.20. The van der Waals surface area contributed by atoms with Crippen molar-refractivity contribution in [2.24, 2.45) is 5.92 Å². The van der Waals surface area contributed by atoms with Gasteiger partial charge in [-0.15, -0.1) is 0 Å². The van der Waals surface area contributed by atoms with Crippen LogP contribution in [0.2, 0.25) is 0 Å². The van der Waals surface area contributed by atoms with Crippen LogP contribution >= 0.6 is 0 Å². The summed E-state index contributed by atoms with van der Waals surface area (Å²) in [4.78, 5) is 23.0. The fraction of sp³-hybridized carbons (Fsp3) is 0.562. The molecule has 1 fully saturated rings. The van der Waals surface area contributed by atoms with Gasteiger partial charge in [-0.25, -0.2) is 12.7 Å². The predicted molar refractivity (Wildman–Crippen MR) is 96.7 cm³/mol. The van der Waals surface area contributed by atoms with Crippen molar-refractivity contribution in [1.82, 2.24) is 4.31 Å². The minimum absolute atomic E-state index is 0.0556. The third-order valence-electron chi connectivity index (χ3n) is 4.26. The van der Waals surface area contributed by atoms with E-state index in [9.17, 15) is 23.3 Å². The van der Waals surface area contributed by atoms with Gasteiger partial charge in [-0.3, -0.25) is 14.9 Å². The van der Waals surface area contributed by atoms with Crippen LogP contribution in [0.15, 0.2) is 18.2 Å². The molecule has 1 aromatic carbocycles. The zero-order valence-corrected chi connectivity index (χ0v) is 15.6. The number of methoxy groups -OCH3 is 1. The molecule has 1 aromatic rings. The third kappa shape index (κ3) is 4.70. The zero-order chi connectivity index (χ0) is 19.3. The van der Waals surface area contributed by atoms with E-state index in [1.165, 1.54) is 29.6 Å². The van der Waals surface area contributed by atoms with E-state index in [1.807, 2.05) is 0 Å². The van der Waals surface area contributed by atoms with E-state index in [1.54, 1.807) is 6.92 Å². The van der Waals surface area contributed by atoms with Crippen LogP contribution in [0.3, 0.4) is 0 Å². The normalized spacial score (nSPS) is 18.3. The van der Waals surface area contributed by atoms with Crippen molar-refractivity contribution in [3.05, 3.63) is 28.3 Å². The van der Waals surface area contributed by atoms with Gasteiger partial charge in [-0.1, -0.05) is 6.92 Å². The molecule has 1 amide bonds. The first-order valence-corrected chi connectivity index (χ1v) is 10.0. The molecule has 0 spiro atoms. The van der Waals surface area contributed by atoms with Crippen molar-refractivity contribution in [3.8, 4) is 5.75 Å². The molecule has 9 nitrogen and oxygen atoms in total. The van der Waals surface area contributed by atoms with E-state index in [2.05, 4.69) is 5.32 Å². The number of nitro benzene ring substituents is 1. The lowest BCUT2D eigenvalue weighted by Crippen LogP contribution is -2.44. The van der Waals surface area contributed by atoms with Crippen molar-refractivity contribution < 1.29 is 22.9 Å². The summed E-state index contributed by atoms with van der Waals surface area (Å²) in [5.41, 5.74) is 0.0251. The van der Waals surface area contributed by atoms with Gasteiger partial charge in [0.15, 0.2) is 0 Å². The number of hydrogen-bond acceptors (Lipinski definition) is 6. The number of carbonyl (C=O) groups excluding carboxylic acids is 1. The summed E-state index contributed by atoms with van der Waals surface area (Å²) in [6, 6.07) is 3.92. The van der Waals surface area contributed by atoms with Crippen LogP contribution in [-0.4, -0.2) is 49.5 Å². The first-order chi connectivity index (χ1) is 12.3. The maximum absolute atomic E-state index is 12.6. The van der Waals surface area contributed by atoms with Gasteiger partial charge in [0.2, 0.25) is 15.9 Å². The number of rotatable bonds is 7. The van der Waals surface area contributed by atoms with Crippen molar-refractivity contribution in [2.45, 2.75) is 26.2 Å². The number of amides is 1. The molecule has 0 bridgehead atoms. The Bertz CT molecular complexity index is 780. The number of hydrogen-bond donors (Lipinski definition) is 1. The third-order valence-corrected chi connectivity index (χ3v) is 6.30. The molecule has 10 heteroatoms. The Labute approximate surface area is 152 Å². The SMILES string of the molecule is CCCS(=O)(=O)N1CCC[C@H](C(=O)Nc2cc([N+](=O)[O-])ccc2OC)C1. The Morgan fingerprint density at radius 2 is 2.19 bits per heavy atom. The summed E-state index contributed by atoms with van der Waals surface area (Å²) in [6.07, 6.45) is 1.66. The second kappa shape index (κ2) is 8.45. The molecule has 1 heterocycles. The Morgan fingerprint density at radius 3 is 2.81 bits per heavy atom. The quantitative estimate of drug-likeness (QED) is 0.566. The fourth-order valence-corrected chi connectivity index (χ4v) is 4.53. The van der Waals surface area contributed by atoms with Gasteiger partial charge in [0.1, 0.15) is 5.75 Å². The summed E-state index contributed by atoms with van der Waals surface area (Å²) < 4.78 is 31.0. The molecular formula is C16H23N3O6S. The lowest BCUT2D eigenvalue weighted by atomic mass is 9.98. The second-order valence-electron chi connectivity index (χ2n) is 6.14. The topological polar surface area (TPSA) is 119 Å². The molecule has 0 radical (unpaired) electrons. The predicted octanol–water partition coefficient (Wildman–Crippen LogP) is 1.99. The van der Waals surface area contributed by atoms with Crippen molar-refractivity contribution in [1.29, 1.82) is 0 Å². The van der Waals surface area contributed by atoms with Crippen molar-refractivity contribution >= 4 is 27.3 Å². The molecule has 1 N–H and O–H groups in total. The van der Waals surface area contributed by atoms with Crippen molar-refractivity contribution in [3.63, 3.8) is 0 Å². The van der Waals surface area contributed by atoms with Crippen molar-refractivity contribution in [2.75, 3.05) is 31.3 Å². The molecule has 26 heavy (non-hydrogen) atoms. The summed E-state index contributed by atoms with van der Waals surface area (Å²) in [5.74, 6) is -0.533. The van der Waals surface area contributed by atoms with Crippen LogP contribution in [0.5, 0.6) is 5.75 Å². The Kier molecular flexibility index (Phi) is 6.54. The lowest BCUT2D eigenvalue weighted by Gasteiger charge is -2.31. The monoisotopic (exact) mass is 385 g/mol. The average Bonchev–Trinajstić information content (AvgIpc) is 2.61. The Morgan fingerprint density at radius 1 is 1.46 bits per heavy atom. The van der Waals surface area contributed by atoms with Gasteiger partial charge in [-0.05, 0) is 25.3 Å². The smallest absolute Gasteiger partial charge is 0.271 e.